The molecule has 138 valence electrons. The number of likely N-dealkylation sites (tertiary alicyclic amines) is 1. The van der Waals surface area contributed by atoms with Crippen LogP contribution in [0.5, 0.6) is 0 Å². The zero-order valence-electron chi connectivity index (χ0n) is 15.9. The highest BCUT2D eigenvalue weighted by molar-refractivity contribution is 5.79. The number of amides is 1. The van der Waals surface area contributed by atoms with E-state index in [0.717, 1.165) is 22.3 Å². The molecule has 0 saturated carbocycles. The second kappa shape index (κ2) is 6.99. The van der Waals surface area contributed by atoms with Crippen molar-refractivity contribution in [1.82, 2.24) is 15.0 Å². The molecule has 1 aliphatic heterocycles. The molecule has 4 rings (SSSR count). The van der Waals surface area contributed by atoms with Gasteiger partial charge in [-0.3, -0.25) is 4.79 Å². The molecular formula is C22H23N3O2. The summed E-state index contributed by atoms with van der Waals surface area (Å²) in [6.07, 6.45) is 1.22. The number of hydrogen-bond acceptors (Lipinski definition) is 4. The Morgan fingerprint density at radius 3 is 2.74 bits per heavy atom. The molecule has 0 N–H and O–H groups in total. The molecule has 0 radical (unpaired) electrons. The van der Waals surface area contributed by atoms with Crippen LogP contribution in [0.1, 0.15) is 47.0 Å². The van der Waals surface area contributed by atoms with Gasteiger partial charge in [-0.15, -0.1) is 0 Å². The lowest BCUT2D eigenvalue weighted by Crippen LogP contribution is -2.27. The Balaban J connectivity index is 1.61. The van der Waals surface area contributed by atoms with Crippen LogP contribution in [0.4, 0.5) is 0 Å². The minimum absolute atomic E-state index is 0.132. The van der Waals surface area contributed by atoms with Gasteiger partial charge in [-0.1, -0.05) is 52.7 Å². The summed E-state index contributed by atoms with van der Waals surface area (Å²) < 4.78 is 5.58. The SMILES string of the molecule is Cc1cccc(CN2C(=O)CCC2c2nc(-c3cc(C)ccc3C)no2)c1. The maximum atomic E-state index is 12.5. The average Bonchev–Trinajstić information content (AvgIpc) is 3.25. The number of carbonyl (C=O) groups is 1. The summed E-state index contributed by atoms with van der Waals surface area (Å²) in [5, 5.41) is 4.19. The van der Waals surface area contributed by atoms with Gasteiger partial charge in [-0.25, -0.2) is 0 Å². The highest BCUT2D eigenvalue weighted by atomic mass is 16.5. The Bertz CT molecular complexity index is 993. The third-order valence-electron chi connectivity index (χ3n) is 5.12. The minimum atomic E-state index is -0.163. The van der Waals surface area contributed by atoms with Gasteiger partial charge in [0.05, 0.1) is 0 Å². The van der Waals surface area contributed by atoms with Gasteiger partial charge in [0.2, 0.25) is 17.6 Å². The summed E-state index contributed by atoms with van der Waals surface area (Å²) in [6, 6.07) is 14.3. The van der Waals surface area contributed by atoms with Crippen molar-refractivity contribution in [2.24, 2.45) is 0 Å². The number of nitrogens with zero attached hydrogens (tertiary/aromatic N) is 3. The fourth-order valence-corrected chi connectivity index (χ4v) is 3.65. The second-order valence-corrected chi connectivity index (χ2v) is 7.34. The highest BCUT2D eigenvalue weighted by Gasteiger charge is 2.36. The molecule has 5 heteroatoms. The summed E-state index contributed by atoms with van der Waals surface area (Å²) in [7, 11) is 0. The van der Waals surface area contributed by atoms with E-state index in [1.807, 2.05) is 30.9 Å². The van der Waals surface area contributed by atoms with E-state index in [4.69, 9.17) is 4.52 Å². The number of aromatic nitrogens is 2. The summed E-state index contributed by atoms with van der Waals surface area (Å²) in [4.78, 5) is 19.0. The Labute approximate surface area is 159 Å². The molecule has 27 heavy (non-hydrogen) atoms. The summed E-state index contributed by atoms with van der Waals surface area (Å²) in [6.45, 7) is 6.70. The van der Waals surface area contributed by atoms with Crippen LogP contribution in [0.3, 0.4) is 0 Å². The Hall–Kier alpha value is -2.95. The topological polar surface area (TPSA) is 59.2 Å². The average molecular weight is 361 g/mol. The third-order valence-corrected chi connectivity index (χ3v) is 5.12. The molecule has 0 aliphatic carbocycles. The van der Waals surface area contributed by atoms with E-state index in [2.05, 4.69) is 47.4 Å². The van der Waals surface area contributed by atoms with Gasteiger partial charge in [0, 0.05) is 18.5 Å². The molecule has 1 fully saturated rings. The van der Waals surface area contributed by atoms with Gasteiger partial charge in [-0.05, 0) is 44.4 Å². The summed E-state index contributed by atoms with van der Waals surface area (Å²) >= 11 is 0. The fourth-order valence-electron chi connectivity index (χ4n) is 3.65. The van der Waals surface area contributed by atoms with Crippen LogP contribution in [0.2, 0.25) is 0 Å². The molecular weight excluding hydrogens is 338 g/mol. The van der Waals surface area contributed by atoms with Crippen molar-refractivity contribution in [2.45, 2.75) is 46.2 Å². The maximum absolute atomic E-state index is 12.5. The smallest absolute Gasteiger partial charge is 0.249 e. The first kappa shape index (κ1) is 17.5. The Morgan fingerprint density at radius 2 is 1.93 bits per heavy atom. The normalized spacial score (nSPS) is 16.9. The van der Waals surface area contributed by atoms with Crippen molar-refractivity contribution in [3.63, 3.8) is 0 Å². The first-order valence-electron chi connectivity index (χ1n) is 9.27. The third kappa shape index (κ3) is 3.50. The molecule has 1 saturated heterocycles. The van der Waals surface area contributed by atoms with Crippen molar-refractivity contribution in [3.05, 3.63) is 70.6 Å². The van der Waals surface area contributed by atoms with Gasteiger partial charge >= 0.3 is 0 Å². The van der Waals surface area contributed by atoms with Crippen LogP contribution < -0.4 is 0 Å². The van der Waals surface area contributed by atoms with Crippen molar-refractivity contribution in [2.75, 3.05) is 0 Å². The van der Waals surface area contributed by atoms with Crippen molar-refractivity contribution >= 4 is 5.91 Å². The zero-order chi connectivity index (χ0) is 19.0. The first-order valence-corrected chi connectivity index (χ1v) is 9.27. The maximum Gasteiger partial charge on any atom is 0.249 e. The molecule has 3 aromatic rings. The molecule has 1 unspecified atom stereocenters. The molecule has 1 amide bonds. The van der Waals surface area contributed by atoms with Gasteiger partial charge < -0.3 is 9.42 Å². The van der Waals surface area contributed by atoms with Gasteiger partial charge in [0.25, 0.3) is 0 Å². The molecule has 1 aromatic heterocycles. The molecule has 1 atom stereocenters. The predicted molar refractivity (Wildman–Crippen MR) is 103 cm³/mol. The Kier molecular flexibility index (Phi) is 4.52. The lowest BCUT2D eigenvalue weighted by atomic mass is 10.1. The monoisotopic (exact) mass is 361 g/mol. The standard InChI is InChI=1S/C22H23N3O2/c1-14-5-4-6-17(11-14)13-25-19(9-10-20(25)26)22-23-21(24-27-22)18-12-15(2)7-8-16(18)3/h4-8,11-12,19H,9-10,13H2,1-3H3. The molecule has 0 bridgehead atoms. The summed E-state index contributed by atoms with van der Waals surface area (Å²) in [5.74, 6) is 1.23. The predicted octanol–water partition coefficient (Wildman–Crippen LogP) is 4.53. The van der Waals surface area contributed by atoms with Crippen LogP contribution in [0, 0.1) is 20.8 Å². The van der Waals surface area contributed by atoms with Crippen molar-refractivity contribution in [3.8, 4) is 11.4 Å². The summed E-state index contributed by atoms with van der Waals surface area (Å²) in [5.41, 5.74) is 5.53. The number of hydrogen-bond donors (Lipinski definition) is 0. The van der Waals surface area contributed by atoms with E-state index in [-0.39, 0.29) is 11.9 Å². The molecule has 2 heterocycles. The number of carbonyl (C=O) groups excluding carboxylic acids is 1. The van der Waals surface area contributed by atoms with Gasteiger partial charge in [0.1, 0.15) is 6.04 Å². The molecule has 5 nitrogen and oxygen atoms in total. The van der Waals surface area contributed by atoms with Crippen LogP contribution in [-0.4, -0.2) is 20.9 Å². The van der Waals surface area contributed by atoms with Crippen LogP contribution in [0.25, 0.3) is 11.4 Å². The van der Waals surface area contributed by atoms with Crippen LogP contribution >= 0.6 is 0 Å². The van der Waals surface area contributed by atoms with Crippen LogP contribution in [-0.2, 0) is 11.3 Å². The van der Waals surface area contributed by atoms with Crippen LogP contribution in [0.15, 0.2) is 47.0 Å². The zero-order valence-corrected chi connectivity index (χ0v) is 15.9. The first-order chi connectivity index (χ1) is 13.0. The van der Waals surface area contributed by atoms with E-state index in [1.54, 1.807) is 0 Å². The van der Waals surface area contributed by atoms with E-state index in [9.17, 15) is 4.79 Å². The number of aryl methyl sites for hydroxylation is 3. The lowest BCUT2D eigenvalue weighted by molar-refractivity contribution is -0.129. The van der Waals surface area contributed by atoms with E-state index >= 15 is 0 Å². The van der Waals surface area contributed by atoms with E-state index in [0.29, 0.717) is 31.1 Å². The molecule has 0 spiro atoms. The van der Waals surface area contributed by atoms with Crippen molar-refractivity contribution in [1.29, 1.82) is 0 Å². The number of rotatable bonds is 4. The highest BCUT2D eigenvalue weighted by Crippen LogP contribution is 2.34. The second-order valence-electron chi connectivity index (χ2n) is 7.34. The number of benzene rings is 2. The van der Waals surface area contributed by atoms with Gasteiger partial charge in [0.15, 0.2) is 0 Å². The van der Waals surface area contributed by atoms with E-state index < -0.39 is 0 Å². The van der Waals surface area contributed by atoms with E-state index in [1.165, 1.54) is 5.56 Å². The minimum Gasteiger partial charge on any atom is -0.337 e. The largest absolute Gasteiger partial charge is 0.337 e. The van der Waals surface area contributed by atoms with Gasteiger partial charge in [-0.2, -0.15) is 4.98 Å². The molecule has 1 aliphatic rings. The van der Waals surface area contributed by atoms with Crippen molar-refractivity contribution < 1.29 is 9.32 Å². The fraction of sp³-hybridized carbons (Fsp3) is 0.318. The molecule has 2 aromatic carbocycles. The Morgan fingerprint density at radius 1 is 1.11 bits per heavy atom. The lowest BCUT2D eigenvalue weighted by Gasteiger charge is -2.22. The quantitative estimate of drug-likeness (QED) is 0.685.